The van der Waals surface area contributed by atoms with Gasteiger partial charge in [-0.15, -0.1) is 0 Å². The Morgan fingerprint density at radius 3 is 2.53 bits per heavy atom. The lowest BCUT2D eigenvalue weighted by atomic mass is 10.1. The topological polar surface area (TPSA) is 70.1 Å². The number of rotatable bonds is 5. The van der Waals surface area contributed by atoms with Gasteiger partial charge < -0.3 is 14.7 Å². The Balaban J connectivity index is 1.71. The smallest absolute Gasteiger partial charge is 0.329 e. The molecule has 6 heteroatoms. The van der Waals surface area contributed by atoms with E-state index in [1.165, 1.54) is 19.3 Å². The summed E-state index contributed by atoms with van der Waals surface area (Å²) < 4.78 is 4.85. The van der Waals surface area contributed by atoms with Gasteiger partial charge in [-0.1, -0.05) is 6.42 Å². The molecule has 0 aromatic rings. The highest BCUT2D eigenvalue weighted by Crippen LogP contribution is 2.20. The highest BCUT2D eigenvalue weighted by molar-refractivity contribution is 5.78. The van der Waals surface area contributed by atoms with E-state index >= 15 is 0 Å². The largest absolute Gasteiger partial charge is 0.480 e. The summed E-state index contributed by atoms with van der Waals surface area (Å²) in [5, 5.41) is 8.45. The highest BCUT2D eigenvalue weighted by Gasteiger charge is 2.30. The predicted octanol–water partition coefficient (Wildman–Crippen LogP) is 0.174. The standard InChI is InChI=1S/C13H22N2O4/c16-12(9-19-10-13(17)18)15-7-4-11(8-15)14-5-2-1-3-6-14/h11H,1-10H2,(H,17,18). The van der Waals surface area contributed by atoms with E-state index in [0.29, 0.717) is 6.04 Å². The van der Waals surface area contributed by atoms with Crippen LogP contribution in [0.5, 0.6) is 0 Å². The molecule has 0 aliphatic carbocycles. The molecule has 6 nitrogen and oxygen atoms in total. The van der Waals surface area contributed by atoms with Gasteiger partial charge in [0.25, 0.3) is 0 Å². The van der Waals surface area contributed by atoms with Crippen LogP contribution in [0, 0.1) is 0 Å². The molecule has 0 aromatic carbocycles. The molecule has 19 heavy (non-hydrogen) atoms. The van der Waals surface area contributed by atoms with Crippen LogP contribution in [-0.2, 0) is 14.3 Å². The lowest BCUT2D eigenvalue weighted by Crippen LogP contribution is -2.42. The Morgan fingerprint density at radius 2 is 1.84 bits per heavy atom. The van der Waals surface area contributed by atoms with Crippen molar-refractivity contribution in [1.29, 1.82) is 0 Å². The number of aliphatic carboxylic acids is 1. The molecule has 2 rings (SSSR count). The van der Waals surface area contributed by atoms with Gasteiger partial charge in [-0.05, 0) is 32.4 Å². The zero-order valence-corrected chi connectivity index (χ0v) is 11.2. The third-order valence-corrected chi connectivity index (χ3v) is 3.87. The first-order valence-electron chi connectivity index (χ1n) is 6.98. The van der Waals surface area contributed by atoms with Crippen molar-refractivity contribution in [3.8, 4) is 0 Å². The normalized spacial score (nSPS) is 24.6. The highest BCUT2D eigenvalue weighted by atomic mass is 16.5. The molecule has 0 spiro atoms. The van der Waals surface area contributed by atoms with Crippen LogP contribution in [0.1, 0.15) is 25.7 Å². The molecule has 1 atom stereocenters. The molecule has 2 fully saturated rings. The van der Waals surface area contributed by atoms with Crippen LogP contribution >= 0.6 is 0 Å². The summed E-state index contributed by atoms with van der Waals surface area (Å²) in [7, 11) is 0. The van der Waals surface area contributed by atoms with Crippen molar-refractivity contribution in [2.45, 2.75) is 31.7 Å². The van der Waals surface area contributed by atoms with Crippen molar-refractivity contribution in [3.63, 3.8) is 0 Å². The second-order valence-electron chi connectivity index (χ2n) is 5.27. The second kappa shape index (κ2) is 6.86. The number of hydrogen-bond donors (Lipinski definition) is 1. The molecule has 0 aromatic heterocycles. The summed E-state index contributed by atoms with van der Waals surface area (Å²) in [6.07, 6.45) is 4.85. The van der Waals surface area contributed by atoms with Crippen LogP contribution in [0.3, 0.4) is 0 Å². The summed E-state index contributed by atoms with van der Waals surface area (Å²) in [6, 6.07) is 0.476. The Morgan fingerprint density at radius 1 is 1.11 bits per heavy atom. The quantitative estimate of drug-likeness (QED) is 0.771. The fraction of sp³-hybridized carbons (Fsp3) is 0.846. The molecule has 108 valence electrons. The van der Waals surface area contributed by atoms with Crippen molar-refractivity contribution in [2.75, 3.05) is 39.4 Å². The Labute approximate surface area is 113 Å². The lowest BCUT2D eigenvalue weighted by Gasteiger charge is -2.32. The molecule has 1 unspecified atom stereocenters. The van der Waals surface area contributed by atoms with E-state index < -0.39 is 12.6 Å². The van der Waals surface area contributed by atoms with Gasteiger partial charge in [0.1, 0.15) is 13.2 Å². The summed E-state index contributed by atoms with van der Waals surface area (Å²) in [4.78, 5) is 26.4. The number of nitrogens with zero attached hydrogens (tertiary/aromatic N) is 2. The molecular formula is C13H22N2O4. The van der Waals surface area contributed by atoms with Gasteiger partial charge in [0, 0.05) is 19.1 Å². The first kappa shape index (κ1) is 14.3. The van der Waals surface area contributed by atoms with Gasteiger partial charge in [-0.3, -0.25) is 9.69 Å². The second-order valence-corrected chi connectivity index (χ2v) is 5.27. The summed E-state index contributed by atoms with van der Waals surface area (Å²) in [5.41, 5.74) is 0. The number of carboxylic acids is 1. The summed E-state index contributed by atoms with van der Waals surface area (Å²) >= 11 is 0. The van der Waals surface area contributed by atoms with E-state index in [2.05, 4.69) is 4.90 Å². The molecule has 2 saturated heterocycles. The van der Waals surface area contributed by atoms with Crippen molar-refractivity contribution in [3.05, 3.63) is 0 Å². The van der Waals surface area contributed by atoms with Crippen molar-refractivity contribution in [1.82, 2.24) is 9.80 Å². The van der Waals surface area contributed by atoms with E-state index in [4.69, 9.17) is 9.84 Å². The average molecular weight is 270 g/mol. The van der Waals surface area contributed by atoms with Crippen molar-refractivity contribution in [2.24, 2.45) is 0 Å². The molecule has 0 bridgehead atoms. The average Bonchev–Trinajstić information content (AvgIpc) is 2.89. The third-order valence-electron chi connectivity index (χ3n) is 3.87. The molecule has 0 saturated carbocycles. The van der Waals surface area contributed by atoms with Crippen molar-refractivity contribution < 1.29 is 19.4 Å². The van der Waals surface area contributed by atoms with Crippen LogP contribution in [-0.4, -0.2) is 72.2 Å². The summed E-state index contributed by atoms with van der Waals surface area (Å²) in [5.74, 6) is -1.14. The Bertz CT molecular complexity index is 329. The number of hydrogen-bond acceptors (Lipinski definition) is 4. The van der Waals surface area contributed by atoms with E-state index in [9.17, 15) is 9.59 Å². The number of carboxylic acid groups (broad SMARTS) is 1. The maximum absolute atomic E-state index is 11.8. The molecular weight excluding hydrogens is 248 g/mol. The van der Waals surface area contributed by atoms with E-state index in [1.54, 1.807) is 4.90 Å². The summed E-state index contributed by atoms with van der Waals surface area (Å²) in [6.45, 7) is 3.27. The van der Waals surface area contributed by atoms with Crippen LogP contribution in [0.25, 0.3) is 0 Å². The molecule has 1 amide bonds. The molecule has 1 N–H and O–H groups in total. The SMILES string of the molecule is O=C(O)COCC(=O)N1CCC(N2CCCCC2)C1. The van der Waals surface area contributed by atoms with Gasteiger partial charge in [-0.25, -0.2) is 4.79 Å². The monoisotopic (exact) mass is 270 g/mol. The van der Waals surface area contributed by atoms with Gasteiger partial charge >= 0.3 is 5.97 Å². The maximum atomic E-state index is 11.8. The molecule has 0 radical (unpaired) electrons. The zero-order chi connectivity index (χ0) is 13.7. The number of piperidine rings is 1. The van der Waals surface area contributed by atoms with E-state index in [-0.39, 0.29) is 12.5 Å². The number of ether oxygens (including phenoxy) is 1. The van der Waals surface area contributed by atoms with E-state index in [0.717, 1.165) is 32.6 Å². The van der Waals surface area contributed by atoms with Gasteiger partial charge in [0.05, 0.1) is 0 Å². The minimum atomic E-state index is -1.04. The van der Waals surface area contributed by atoms with Crippen molar-refractivity contribution >= 4 is 11.9 Å². The van der Waals surface area contributed by atoms with Gasteiger partial charge in [0.2, 0.25) is 5.91 Å². The fourth-order valence-corrected chi connectivity index (χ4v) is 2.87. The number of carbonyl (C=O) groups excluding carboxylic acids is 1. The Hall–Kier alpha value is -1.14. The lowest BCUT2D eigenvalue weighted by molar-refractivity contribution is -0.145. The molecule has 2 aliphatic heterocycles. The van der Waals surface area contributed by atoms with Gasteiger partial charge in [-0.2, -0.15) is 0 Å². The van der Waals surface area contributed by atoms with E-state index in [1.807, 2.05) is 0 Å². The third kappa shape index (κ3) is 4.18. The van der Waals surface area contributed by atoms with Crippen LogP contribution in [0.4, 0.5) is 0 Å². The number of carbonyl (C=O) groups is 2. The van der Waals surface area contributed by atoms with Gasteiger partial charge in [0.15, 0.2) is 0 Å². The minimum absolute atomic E-state index is 0.0965. The van der Waals surface area contributed by atoms with Crippen LogP contribution in [0.2, 0.25) is 0 Å². The fourth-order valence-electron chi connectivity index (χ4n) is 2.87. The van der Waals surface area contributed by atoms with Crippen LogP contribution in [0.15, 0.2) is 0 Å². The molecule has 2 aliphatic rings. The number of amides is 1. The zero-order valence-electron chi connectivity index (χ0n) is 11.2. The van der Waals surface area contributed by atoms with Crippen LogP contribution < -0.4 is 0 Å². The minimum Gasteiger partial charge on any atom is -0.480 e. The predicted molar refractivity (Wildman–Crippen MR) is 68.9 cm³/mol. The number of likely N-dealkylation sites (tertiary alicyclic amines) is 2. The molecule has 2 heterocycles. The first-order chi connectivity index (χ1) is 9.16. The Kier molecular flexibility index (Phi) is 5.15. The maximum Gasteiger partial charge on any atom is 0.329 e. The first-order valence-corrected chi connectivity index (χ1v) is 6.98.